The number of amides is 1. The van der Waals surface area contributed by atoms with Crippen molar-refractivity contribution in [2.24, 2.45) is 5.92 Å². The maximum Gasteiger partial charge on any atom is 0.224 e. The normalized spacial score (nSPS) is 23.1. The van der Waals surface area contributed by atoms with Gasteiger partial charge in [0.2, 0.25) is 5.91 Å². The van der Waals surface area contributed by atoms with Crippen molar-refractivity contribution in [2.75, 3.05) is 6.54 Å². The molecule has 0 atom stereocenters. The lowest BCUT2D eigenvalue weighted by Gasteiger charge is -2.25. The summed E-state index contributed by atoms with van der Waals surface area (Å²) in [5, 5.41) is 3.24. The SMILES string of the molecule is O=C(Cc1cccc(F)c1)NCC1CCC(Cl)CC1. The van der Waals surface area contributed by atoms with Crippen molar-refractivity contribution in [2.45, 2.75) is 37.5 Å². The molecule has 0 spiro atoms. The lowest BCUT2D eigenvalue weighted by Crippen LogP contribution is -2.32. The summed E-state index contributed by atoms with van der Waals surface area (Å²) in [5.41, 5.74) is 0.710. The van der Waals surface area contributed by atoms with Gasteiger partial charge < -0.3 is 5.32 Å². The van der Waals surface area contributed by atoms with Gasteiger partial charge in [-0.05, 0) is 49.3 Å². The second-order valence-electron chi connectivity index (χ2n) is 5.23. The first-order chi connectivity index (χ1) is 9.13. The number of nitrogens with one attached hydrogen (secondary N) is 1. The molecular formula is C15H19ClFNO. The molecule has 19 heavy (non-hydrogen) atoms. The Morgan fingerprint density at radius 1 is 1.32 bits per heavy atom. The summed E-state index contributed by atoms with van der Waals surface area (Å²) in [6, 6.07) is 6.17. The van der Waals surface area contributed by atoms with E-state index >= 15 is 0 Å². The Hall–Kier alpha value is -1.09. The molecule has 0 heterocycles. The monoisotopic (exact) mass is 283 g/mol. The summed E-state index contributed by atoms with van der Waals surface area (Å²) in [4.78, 5) is 11.8. The summed E-state index contributed by atoms with van der Waals surface area (Å²) >= 11 is 6.04. The highest BCUT2D eigenvalue weighted by molar-refractivity contribution is 6.20. The minimum atomic E-state index is -0.300. The third kappa shape index (κ3) is 4.83. The molecule has 104 valence electrons. The molecule has 2 rings (SSSR count). The van der Waals surface area contributed by atoms with E-state index in [9.17, 15) is 9.18 Å². The number of rotatable bonds is 4. The number of hydrogen-bond donors (Lipinski definition) is 1. The van der Waals surface area contributed by atoms with E-state index in [2.05, 4.69) is 5.32 Å². The van der Waals surface area contributed by atoms with Crippen molar-refractivity contribution < 1.29 is 9.18 Å². The van der Waals surface area contributed by atoms with Crippen LogP contribution < -0.4 is 5.32 Å². The molecule has 1 aromatic rings. The van der Waals surface area contributed by atoms with E-state index in [0.717, 1.165) is 25.7 Å². The Balaban J connectivity index is 1.73. The van der Waals surface area contributed by atoms with E-state index in [1.54, 1.807) is 12.1 Å². The molecule has 1 aromatic carbocycles. The molecule has 0 unspecified atom stereocenters. The number of benzene rings is 1. The van der Waals surface area contributed by atoms with E-state index in [4.69, 9.17) is 11.6 Å². The van der Waals surface area contributed by atoms with Crippen molar-refractivity contribution in [3.05, 3.63) is 35.6 Å². The zero-order valence-electron chi connectivity index (χ0n) is 10.9. The standard InChI is InChI=1S/C15H19ClFNO/c16-13-6-4-11(5-7-13)10-18-15(19)9-12-2-1-3-14(17)8-12/h1-3,8,11,13H,4-7,9-10H2,(H,18,19). The smallest absolute Gasteiger partial charge is 0.224 e. The van der Waals surface area contributed by atoms with Crippen LogP contribution in [-0.4, -0.2) is 17.8 Å². The number of carbonyl (C=O) groups excluding carboxylic acids is 1. The summed E-state index contributed by atoms with van der Waals surface area (Å²) < 4.78 is 13.0. The fraction of sp³-hybridized carbons (Fsp3) is 0.533. The van der Waals surface area contributed by atoms with Crippen LogP contribution in [0.15, 0.2) is 24.3 Å². The van der Waals surface area contributed by atoms with Gasteiger partial charge in [0.25, 0.3) is 0 Å². The Morgan fingerprint density at radius 3 is 2.74 bits per heavy atom. The van der Waals surface area contributed by atoms with Gasteiger partial charge in [-0.2, -0.15) is 0 Å². The number of alkyl halides is 1. The van der Waals surface area contributed by atoms with Crippen molar-refractivity contribution in [3.8, 4) is 0 Å². The van der Waals surface area contributed by atoms with Crippen LogP contribution in [0, 0.1) is 11.7 Å². The molecular weight excluding hydrogens is 265 g/mol. The molecule has 0 aromatic heterocycles. The van der Waals surface area contributed by atoms with Crippen LogP contribution in [0.25, 0.3) is 0 Å². The maximum atomic E-state index is 13.0. The first-order valence-electron chi connectivity index (χ1n) is 6.78. The predicted molar refractivity (Wildman–Crippen MR) is 74.7 cm³/mol. The molecule has 2 nitrogen and oxygen atoms in total. The van der Waals surface area contributed by atoms with Crippen molar-refractivity contribution in [3.63, 3.8) is 0 Å². The highest BCUT2D eigenvalue weighted by Crippen LogP contribution is 2.26. The highest BCUT2D eigenvalue weighted by Gasteiger charge is 2.19. The van der Waals surface area contributed by atoms with Crippen LogP contribution in [0.1, 0.15) is 31.2 Å². The third-order valence-electron chi connectivity index (χ3n) is 3.62. The van der Waals surface area contributed by atoms with Gasteiger partial charge in [0.1, 0.15) is 5.82 Å². The second-order valence-corrected chi connectivity index (χ2v) is 5.85. The quantitative estimate of drug-likeness (QED) is 0.844. The number of carbonyl (C=O) groups is 1. The van der Waals surface area contributed by atoms with Crippen molar-refractivity contribution >= 4 is 17.5 Å². The number of halogens is 2. The molecule has 0 saturated heterocycles. The average Bonchev–Trinajstić information content (AvgIpc) is 2.38. The fourth-order valence-corrected chi connectivity index (χ4v) is 2.73. The maximum absolute atomic E-state index is 13.0. The van der Waals surface area contributed by atoms with E-state index < -0.39 is 0 Å². The lowest BCUT2D eigenvalue weighted by atomic mass is 9.89. The van der Waals surface area contributed by atoms with E-state index in [1.807, 2.05) is 0 Å². The van der Waals surface area contributed by atoms with Crippen molar-refractivity contribution in [1.82, 2.24) is 5.32 Å². The second kappa shape index (κ2) is 6.90. The van der Waals surface area contributed by atoms with Gasteiger partial charge in [0.05, 0.1) is 6.42 Å². The Bertz CT molecular complexity index is 430. The molecule has 0 aliphatic heterocycles. The topological polar surface area (TPSA) is 29.1 Å². The minimum absolute atomic E-state index is 0.0430. The predicted octanol–water partition coefficient (Wildman–Crippen LogP) is 3.28. The van der Waals surface area contributed by atoms with Gasteiger partial charge in [-0.3, -0.25) is 4.79 Å². The molecule has 0 radical (unpaired) electrons. The molecule has 1 N–H and O–H groups in total. The minimum Gasteiger partial charge on any atom is -0.356 e. The van der Waals surface area contributed by atoms with Crippen LogP contribution in [-0.2, 0) is 11.2 Å². The average molecular weight is 284 g/mol. The Kier molecular flexibility index (Phi) is 5.20. The summed E-state index contributed by atoms with van der Waals surface area (Å²) in [6.07, 6.45) is 4.46. The van der Waals surface area contributed by atoms with Gasteiger partial charge in [-0.15, -0.1) is 11.6 Å². The molecule has 1 aliphatic rings. The fourth-order valence-electron chi connectivity index (χ4n) is 2.48. The molecule has 4 heteroatoms. The first-order valence-corrected chi connectivity index (χ1v) is 7.22. The van der Waals surface area contributed by atoms with Gasteiger partial charge in [-0.1, -0.05) is 12.1 Å². The third-order valence-corrected chi connectivity index (χ3v) is 4.05. The molecule has 1 aliphatic carbocycles. The molecule has 1 amide bonds. The molecule has 1 saturated carbocycles. The largest absolute Gasteiger partial charge is 0.356 e. The van der Waals surface area contributed by atoms with Crippen molar-refractivity contribution in [1.29, 1.82) is 0 Å². The van der Waals surface area contributed by atoms with Crippen LogP contribution >= 0.6 is 11.6 Å². The summed E-state index contributed by atoms with van der Waals surface area (Å²) in [5.74, 6) is 0.191. The van der Waals surface area contributed by atoms with E-state index in [-0.39, 0.29) is 18.1 Å². The molecule has 0 bridgehead atoms. The van der Waals surface area contributed by atoms with Gasteiger partial charge >= 0.3 is 0 Å². The van der Waals surface area contributed by atoms with E-state index in [1.165, 1.54) is 12.1 Å². The highest BCUT2D eigenvalue weighted by atomic mass is 35.5. The molecule has 1 fully saturated rings. The van der Waals surface area contributed by atoms with Crippen LogP contribution in [0.2, 0.25) is 0 Å². The first kappa shape index (κ1) is 14.3. The van der Waals surface area contributed by atoms with Crippen LogP contribution in [0.3, 0.4) is 0 Å². The number of hydrogen-bond acceptors (Lipinski definition) is 1. The zero-order chi connectivity index (χ0) is 13.7. The summed E-state index contributed by atoms with van der Waals surface area (Å²) in [6.45, 7) is 0.706. The van der Waals surface area contributed by atoms with E-state index in [0.29, 0.717) is 23.4 Å². The van der Waals surface area contributed by atoms with Crippen LogP contribution in [0.5, 0.6) is 0 Å². The Morgan fingerprint density at radius 2 is 2.05 bits per heavy atom. The zero-order valence-corrected chi connectivity index (χ0v) is 11.6. The van der Waals surface area contributed by atoms with Gasteiger partial charge in [-0.25, -0.2) is 4.39 Å². The van der Waals surface area contributed by atoms with Crippen LogP contribution in [0.4, 0.5) is 4.39 Å². The summed E-state index contributed by atoms with van der Waals surface area (Å²) in [7, 11) is 0. The van der Waals surface area contributed by atoms with Gasteiger partial charge in [0.15, 0.2) is 0 Å². The Labute approximate surface area is 118 Å². The van der Waals surface area contributed by atoms with Gasteiger partial charge in [0, 0.05) is 11.9 Å². The lowest BCUT2D eigenvalue weighted by molar-refractivity contribution is -0.120.